The molecule has 0 saturated heterocycles. The van der Waals surface area contributed by atoms with E-state index in [0.29, 0.717) is 22.9 Å². The van der Waals surface area contributed by atoms with E-state index < -0.39 is 9.96 Å². The molecule has 0 fully saturated rings. The van der Waals surface area contributed by atoms with Crippen LogP contribution in [0.15, 0.2) is 47.1 Å². The number of halogens is 4. The van der Waals surface area contributed by atoms with E-state index in [0.717, 1.165) is 0 Å². The summed E-state index contributed by atoms with van der Waals surface area (Å²) in [4.78, 5) is 12.2. The van der Waals surface area contributed by atoms with Crippen LogP contribution in [0.5, 0.6) is 0 Å². The molecule has 0 radical (unpaired) electrons. The van der Waals surface area contributed by atoms with Crippen molar-refractivity contribution in [3.8, 4) is 0 Å². The molecule has 0 spiro atoms. The smallest absolute Gasteiger partial charge is 0.262 e. The first kappa shape index (κ1) is 17.4. The fourth-order valence-electron chi connectivity index (χ4n) is 1.79. The van der Waals surface area contributed by atoms with Gasteiger partial charge in [-0.25, -0.2) is 0 Å². The van der Waals surface area contributed by atoms with Crippen LogP contribution in [0.2, 0.25) is 5.02 Å². The van der Waals surface area contributed by atoms with Crippen molar-refractivity contribution in [2.45, 2.75) is 16.5 Å². The number of nitrogens with two attached hydrogens (primary N) is 1. The van der Waals surface area contributed by atoms with Gasteiger partial charge in [0, 0.05) is 10.6 Å². The van der Waals surface area contributed by atoms with Crippen LogP contribution in [0.25, 0.3) is 0 Å². The number of benzene rings is 1. The van der Waals surface area contributed by atoms with E-state index >= 15 is 0 Å². The Balaban J connectivity index is 2.04. The predicted octanol–water partition coefficient (Wildman–Crippen LogP) is 3.12. The highest BCUT2D eigenvalue weighted by atomic mass is 35.6. The van der Waals surface area contributed by atoms with Gasteiger partial charge >= 0.3 is 0 Å². The molecular formula is C14H13Cl4N2O2+. The molecule has 118 valence electrons. The summed E-state index contributed by atoms with van der Waals surface area (Å²) in [6.45, 7) is 0.418. The van der Waals surface area contributed by atoms with Crippen LogP contribution in [0, 0.1) is 0 Å². The second-order valence-corrected chi connectivity index (χ2v) is 7.33. The third kappa shape index (κ3) is 5.07. The number of rotatable bonds is 5. The van der Waals surface area contributed by atoms with E-state index in [1.807, 2.05) is 0 Å². The second kappa shape index (κ2) is 7.57. The molecule has 0 aliphatic heterocycles. The Kier molecular flexibility index (Phi) is 6.01. The molecule has 1 aromatic heterocycles. The fourth-order valence-corrected chi connectivity index (χ4v) is 2.41. The standard InChI is InChI=1S/C14H12Cl4N2O2/c15-10-4-1-3-9(7-10)12(21)20-13(14(16,17)18)19-8-11-5-2-6-22-11/h1-7,13,19H,8H2,(H,20,21)/p+1/t13-/m0/s1. The molecule has 0 aliphatic carbocycles. The topological polar surface area (TPSA) is 58.9 Å². The first-order valence-corrected chi connectivity index (χ1v) is 7.86. The van der Waals surface area contributed by atoms with E-state index in [1.165, 1.54) is 0 Å². The summed E-state index contributed by atoms with van der Waals surface area (Å²) in [5, 5.41) is 4.80. The second-order valence-electron chi connectivity index (χ2n) is 4.52. The van der Waals surface area contributed by atoms with Gasteiger partial charge in [-0.15, -0.1) is 0 Å². The van der Waals surface area contributed by atoms with Gasteiger partial charge < -0.3 is 9.73 Å². The van der Waals surface area contributed by atoms with Crippen molar-refractivity contribution in [3.63, 3.8) is 0 Å². The number of nitrogens with one attached hydrogen (secondary N) is 1. The van der Waals surface area contributed by atoms with Crippen molar-refractivity contribution in [1.29, 1.82) is 0 Å². The number of carbonyl (C=O) groups is 1. The molecule has 1 aromatic carbocycles. The highest BCUT2D eigenvalue weighted by Crippen LogP contribution is 2.27. The van der Waals surface area contributed by atoms with Crippen molar-refractivity contribution in [2.75, 3.05) is 0 Å². The molecule has 1 heterocycles. The summed E-state index contributed by atoms with van der Waals surface area (Å²) in [5.41, 5.74) is 0.387. The van der Waals surface area contributed by atoms with Gasteiger partial charge in [-0.2, -0.15) is 0 Å². The zero-order valence-corrected chi connectivity index (χ0v) is 14.3. The predicted molar refractivity (Wildman–Crippen MR) is 87.3 cm³/mol. The number of amides is 1. The van der Waals surface area contributed by atoms with Crippen molar-refractivity contribution < 1.29 is 14.5 Å². The normalized spacial score (nSPS) is 12.9. The van der Waals surface area contributed by atoms with Gasteiger partial charge in [0.25, 0.3) is 9.70 Å². The zero-order valence-electron chi connectivity index (χ0n) is 11.2. The SMILES string of the molecule is O=C(N[C@H]([NH2+]Cc1ccco1)C(Cl)(Cl)Cl)c1cccc(Cl)c1. The molecule has 8 heteroatoms. The van der Waals surface area contributed by atoms with Crippen LogP contribution >= 0.6 is 46.4 Å². The fraction of sp³-hybridized carbons (Fsp3) is 0.214. The van der Waals surface area contributed by atoms with Crippen molar-refractivity contribution >= 4 is 52.3 Å². The lowest BCUT2D eigenvalue weighted by Crippen LogP contribution is -2.95. The lowest BCUT2D eigenvalue weighted by Gasteiger charge is -2.23. The van der Waals surface area contributed by atoms with Crippen LogP contribution in [-0.4, -0.2) is 15.9 Å². The summed E-state index contributed by atoms with van der Waals surface area (Å²) in [5.74, 6) is 0.325. The number of alkyl halides is 3. The quantitative estimate of drug-likeness (QED) is 0.616. The Morgan fingerprint density at radius 1 is 1.27 bits per heavy atom. The Morgan fingerprint density at radius 3 is 2.64 bits per heavy atom. The molecule has 1 amide bonds. The van der Waals surface area contributed by atoms with Crippen LogP contribution in [0.4, 0.5) is 0 Å². The zero-order chi connectivity index (χ0) is 16.2. The molecule has 0 aliphatic rings. The highest BCUT2D eigenvalue weighted by molar-refractivity contribution is 6.68. The lowest BCUT2D eigenvalue weighted by atomic mass is 10.2. The molecular weight excluding hydrogens is 370 g/mol. The monoisotopic (exact) mass is 381 g/mol. The van der Waals surface area contributed by atoms with E-state index in [-0.39, 0.29) is 5.91 Å². The minimum Gasteiger partial charge on any atom is -0.463 e. The van der Waals surface area contributed by atoms with Gasteiger partial charge in [0.05, 0.1) is 6.26 Å². The van der Waals surface area contributed by atoms with Gasteiger partial charge in [0.15, 0.2) is 5.76 Å². The van der Waals surface area contributed by atoms with Gasteiger partial charge in [-0.3, -0.25) is 10.1 Å². The van der Waals surface area contributed by atoms with E-state index in [2.05, 4.69) is 5.32 Å². The molecule has 1 atom stereocenters. The Hall–Kier alpha value is -0.910. The van der Waals surface area contributed by atoms with E-state index in [4.69, 9.17) is 50.8 Å². The Bertz CT molecular complexity index is 626. The van der Waals surface area contributed by atoms with Crippen LogP contribution in [0.3, 0.4) is 0 Å². The first-order chi connectivity index (χ1) is 10.4. The maximum absolute atomic E-state index is 12.2. The molecule has 2 rings (SSSR count). The third-order valence-electron chi connectivity index (χ3n) is 2.86. The number of furan rings is 1. The Morgan fingerprint density at radius 2 is 2.05 bits per heavy atom. The molecule has 0 unspecified atom stereocenters. The molecule has 2 aromatic rings. The molecule has 0 saturated carbocycles. The number of quaternary nitrogens is 1. The van der Waals surface area contributed by atoms with Gasteiger partial charge in [0.2, 0.25) is 6.17 Å². The highest BCUT2D eigenvalue weighted by Gasteiger charge is 2.37. The number of hydrogen-bond donors (Lipinski definition) is 2. The minimum atomic E-state index is -1.68. The average molecular weight is 383 g/mol. The summed E-state index contributed by atoms with van der Waals surface area (Å²) in [6.07, 6.45) is 0.770. The minimum absolute atomic E-state index is 0.380. The van der Waals surface area contributed by atoms with Crippen molar-refractivity contribution in [2.24, 2.45) is 0 Å². The van der Waals surface area contributed by atoms with Crippen LogP contribution in [0.1, 0.15) is 16.1 Å². The largest absolute Gasteiger partial charge is 0.463 e. The van der Waals surface area contributed by atoms with E-state index in [1.54, 1.807) is 48.0 Å². The summed E-state index contributed by atoms with van der Waals surface area (Å²) >= 11 is 23.7. The van der Waals surface area contributed by atoms with E-state index in [9.17, 15) is 4.79 Å². The maximum atomic E-state index is 12.2. The van der Waals surface area contributed by atoms with Crippen molar-refractivity contribution in [1.82, 2.24) is 5.32 Å². The number of hydrogen-bond acceptors (Lipinski definition) is 2. The molecule has 4 nitrogen and oxygen atoms in total. The Labute approximate surface area is 147 Å². The van der Waals surface area contributed by atoms with Crippen molar-refractivity contribution in [3.05, 3.63) is 59.0 Å². The average Bonchev–Trinajstić information content (AvgIpc) is 2.95. The van der Waals surface area contributed by atoms with Crippen LogP contribution < -0.4 is 10.6 Å². The summed E-state index contributed by atoms with van der Waals surface area (Å²) in [7, 11) is 0. The molecule has 3 N–H and O–H groups in total. The maximum Gasteiger partial charge on any atom is 0.262 e. The van der Waals surface area contributed by atoms with Gasteiger partial charge in [-0.1, -0.05) is 52.5 Å². The lowest BCUT2D eigenvalue weighted by molar-refractivity contribution is -0.708. The first-order valence-electron chi connectivity index (χ1n) is 6.35. The van der Waals surface area contributed by atoms with Gasteiger partial charge in [0.1, 0.15) is 6.54 Å². The third-order valence-corrected chi connectivity index (χ3v) is 3.80. The number of carbonyl (C=O) groups excluding carboxylic acids is 1. The van der Waals surface area contributed by atoms with Gasteiger partial charge in [-0.05, 0) is 30.3 Å². The molecule has 0 bridgehead atoms. The summed E-state index contributed by atoms with van der Waals surface area (Å²) in [6, 6.07) is 10.1. The summed E-state index contributed by atoms with van der Waals surface area (Å²) < 4.78 is 3.53. The van der Waals surface area contributed by atoms with Crippen LogP contribution in [-0.2, 0) is 6.54 Å². The molecule has 22 heavy (non-hydrogen) atoms.